The molecule has 1 aliphatic rings. The molecule has 112 valence electrons. The number of hydrogen-bond donors (Lipinski definition) is 1. The van der Waals surface area contributed by atoms with Crippen molar-refractivity contribution in [2.24, 2.45) is 11.8 Å². The molecule has 1 aromatic carbocycles. The van der Waals surface area contributed by atoms with E-state index in [4.69, 9.17) is 0 Å². The van der Waals surface area contributed by atoms with Gasteiger partial charge in [-0.25, -0.2) is 13.1 Å². The zero-order chi connectivity index (χ0) is 14.8. The van der Waals surface area contributed by atoms with Crippen molar-refractivity contribution in [1.29, 1.82) is 0 Å². The van der Waals surface area contributed by atoms with Crippen LogP contribution in [-0.2, 0) is 16.4 Å². The standard InChI is InChI=1S/C16H25NO2S/c1-4-14-8-10-15(11-9-14)20(18,19)17-16-7-5-6-12(2)13(16)3/h8-13,16-17H,4-7H2,1-3H3/t12-,13-,16-/m0/s1. The molecule has 0 amide bonds. The van der Waals surface area contributed by atoms with E-state index in [2.05, 4.69) is 25.5 Å². The van der Waals surface area contributed by atoms with Crippen LogP contribution in [0.4, 0.5) is 0 Å². The van der Waals surface area contributed by atoms with Crippen LogP contribution in [0.2, 0.25) is 0 Å². The van der Waals surface area contributed by atoms with Crippen LogP contribution in [0.5, 0.6) is 0 Å². The lowest BCUT2D eigenvalue weighted by molar-refractivity contribution is 0.227. The Kier molecular flexibility index (Phi) is 4.86. The topological polar surface area (TPSA) is 46.2 Å². The van der Waals surface area contributed by atoms with E-state index in [-0.39, 0.29) is 6.04 Å². The van der Waals surface area contributed by atoms with Gasteiger partial charge in [0, 0.05) is 6.04 Å². The van der Waals surface area contributed by atoms with E-state index in [1.165, 1.54) is 6.42 Å². The van der Waals surface area contributed by atoms with Crippen LogP contribution in [-0.4, -0.2) is 14.5 Å². The van der Waals surface area contributed by atoms with Gasteiger partial charge in [-0.05, 0) is 42.4 Å². The molecule has 0 heterocycles. The highest BCUT2D eigenvalue weighted by Crippen LogP contribution is 2.30. The Morgan fingerprint density at radius 3 is 2.40 bits per heavy atom. The summed E-state index contributed by atoms with van der Waals surface area (Å²) in [6.45, 7) is 6.42. The summed E-state index contributed by atoms with van der Waals surface area (Å²) in [7, 11) is -3.39. The van der Waals surface area contributed by atoms with Gasteiger partial charge in [0.2, 0.25) is 10.0 Å². The van der Waals surface area contributed by atoms with Gasteiger partial charge in [-0.3, -0.25) is 0 Å². The summed E-state index contributed by atoms with van der Waals surface area (Å²) in [6.07, 6.45) is 4.17. The number of sulfonamides is 1. The molecule has 2 rings (SSSR count). The van der Waals surface area contributed by atoms with Crippen molar-refractivity contribution in [3.63, 3.8) is 0 Å². The van der Waals surface area contributed by atoms with Crippen molar-refractivity contribution in [1.82, 2.24) is 4.72 Å². The fraction of sp³-hybridized carbons (Fsp3) is 0.625. The van der Waals surface area contributed by atoms with Crippen molar-refractivity contribution in [3.05, 3.63) is 29.8 Å². The number of rotatable bonds is 4. The largest absolute Gasteiger partial charge is 0.240 e. The second-order valence-corrected chi connectivity index (χ2v) is 7.71. The van der Waals surface area contributed by atoms with E-state index >= 15 is 0 Å². The fourth-order valence-electron chi connectivity index (χ4n) is 2.92. The number of nitrogens with one attached hydrogen (secondary N) is 1. The summed E-state index contributed by atoms with van der Waals surface area (Å²) in [6, 6.07) is 7.26. The Morgan fingerprint density at radius 1 is 1.15 bits per heavy atom. The highest BCUT2D eigenvalue weighted by atomic mass is 32.2. The maximum atomic E-state index is 12.4. The Labute approximate surface area is 122 Å². The maximum absolute atomic E-state index is 12.4. The fourth-order valence-corrected chi connectivity index (χ4v) is 4.28. The molecule has 0 spiro atoms. The van der Waals surface area contributed by atoms with Crippen LogP contribution in [0.15, 0.2) is 29.2 Å². The van der Waals surface area contributed by atoms with Crippen LogP contribution in [0, 0.1) is 11.8 Å². The smallest absolute Gasteiger partial charge is 0.208 e. The lowest BCUT2D eigenvalue weighted by atomic mass is 9.78. The summed E-state index contributed by atoms with van der Waals surface area (Å²) >= 11 is 0. The summed E-state index contributed by atoms with van der Waals surface area (Å²) in [5, 5.41) is 0. The van der Waals surface area contributed by atoms with Crippen LogP contribution < -0.4 is 4.72 Å². The van der Waals surface area contributed by atoms with Gasteiger partial charge < -0.3 is 0 Å². The predicted molar refractivity (Wildman–Crippen MR) is 82.1 cm³/mol. The maximum Gasteiger partial charge on any atom is 0.240 e. The third-order valence-electron chi connectivity index (χ3n) is 4.66. The first-order valence-electron chi connectivity index (χ1n) is 7.55. The van der Waals surface area contributed by atoms with Crippen LogP contribution in [0.1, 0.15) is 45.6 Å². The molecule has 4 heteroatoms. The van der Waals surface area contributed by atoms with Crippen LogP contribution >= 0.6 is 0 Å². The minimum absolute atomic E-state index is 0.0644. The number of hydrogen-bond acceptors (Lipinski definition) is 2. The SMILES string of the molecule is CCc1ccc(S(=O)(=O)N[C@H]2CCC[C@H](C)[C@@H]2C)cc1. The van der Waals surface area contributed by atoms with E-state index in [1.807, 2.05) is 12.1 Å². The molecule has 0 unspecified atom stereocenters. The van der Waals surface area contributed by atoms with Crippen LogP contribution in [0.3, 0.4) is 0 Å². The molecule has 1 fully saturated rings. The van der Waals surface area contributed by atoms with Crippen molar-refractivity contribution < 1.29 is 8.42 Å². The van der Waals surface area contributed by atoms with Gasteiger partial charge in [0.25, 0.3) is 0 Å². The lowest BCUT2D eigenvalue weighted by Gasteiger charge is -2.34. The molecule has 0 aromatic heterocycles. The van der Waals surface area contributed by atoms with Gasteiger partial charge in [-0.1, -0.05) is 45.7 Å². The average molecular weight is 295 g/mol. The normalized spacial score (nSPS) is 27.4. The average Bonchev–Trinajstić information content (AvgIpc) is 2.44. The summed E-state index contributed by atoms with van der Waals surface area (Å²) in [4.78, 5) is 0.375. The first-order chi connectivity index (χ1) is 9.44. The van der Waals surface area contributed by atoms with Gasteiger partial charge in [-0.15, -0.1) is 0 Å². The third-order valence-corrected chi connectivity index (χ3v) is 6.16. The molecule has 0 aliphatic heterocycles. The molecule has 0 saturated heterocycles. The Morgan fingerprint density at radius 2 is 1.80 bits per heavy atom. The highest BCUT2D eigenvalue weighted by Gasteiger charge is 2.30. The molecule has 0 bridgehead atoms. The van der Waals surface area contributed by atoms with Crippen molar-refractivity contribution in [3.8, 4) is 0 Å². The summed E-state index contributed by atoms with van der Waals surface area (Å²) < 4.78 is 27.8. The van der Waals surface area contributed by atoms with Gasteiger partial charge in [0.1, 0.15) is 0 Å². The molecule has 3 atom stereocenters. The minimum atomic E-state index is -3.39. The van der Waals surface area contributed by atoms with E-state index < -0.39 is 10.0 Å². The second-order valence-electron chi connectivity index (χ2n) is 5.99. The van der Waals surface area contributed by atoms with E-state index in [0.29, 0.717) is 16.7 Å². The Hall–Kier alpha value is -0.870. The van der Waals surface area contributed by atoms with E-state index in [9.17, 15) is 8.42 Å². The van der Waals surface area contributed by atoms with Crippen molar-refractivity contribution >= 4 is 10.0 Å². The van der Waals surface area contributed by atoms with Crippen molar-refractivity contribution in [2.75, 3.05) is 0 Å². The first kappa shape index (κ1) is 15.5. The third kappa shape index (κ3) is 3.41. The monoisotopic (exact) mass is 295 g/mol. The van der Waals surface area contributed by atoms with Gasteiger partial charge in [0.15, 0.2) is 0 Å². The van der Waals surface area contributed by atoms with Gasteiger partial charge in [0.05, 0.1) is 4.90 Å². The second kappa shape index (κ2) is 6.27. The molecule has 1 aliphatic carbocycles. The first-order valence-corrected chi connectivity index (χ1v) is 9.03. The zero-order valence-electron chi connectivity index (χ0n) is 12.6. The highest BCUT2D eigenvalue weighted by molar-refractivity contribution is 7.89. The molecule has 3 nitrogen and oxygen atoms in total. The quantitative estimate of drug-likeness (QED) is 0.926. The zero-order valence-corrected chi connectivity index (χ0v) is 13.4. The van der Waals surface area contributed by atoms with Gasteiger partial charge in [-0.2, -0.15) is 0 Å². The molecule has 1 N–H and O–H groups in total. The number of benzene rings is 1. The molecular weight excluding hydrogens is 270 g/mol. The summed E-state index contributed by atoms with van der Waals surface area (Å²) in [5.74, 6) is 0.979. The summed E-state index contributed by atoms with van der Waals surface area (Å²) in [5.41, 5.74) is 1.16. The lowest BCUT2D eigenvalue weighted by Crippen LogP contribution is -2.43. The van der Waals surface area contributed by atoms with Crippen molar-refractivity contribution in [2.45, 2.75) is 57.4 Å². The molecular formula is C16H25NO2S. The predicted octanol–water partition coefficient (Wildman–Crippen LogP) is 3.35. The van der Waals surface area contributed by atoms with Gasteiger partial charge >= 0.3 is 0 Å². The Bertz CT molecular complexity index is 536. The number of aryl methyl sites for hydroxylation is 1. The molecule has 20 heavy (non-hydrogen) atoms. The minimum Gasteiger partial charge on any atom is -0.208 e. The van der Waals surface area contributed by atoms with Crippen LogP contribution in [0.25, 0.3) is 0 Å². The van der Waals surface area contributed by atoms with E-state index in [0.717, 1.165) is 24.8 Å². The Balaban J connectivity index is 2.13. The van der Waals surface area contributed by atoms with E-state index in [1.54, 1.807) is 12.1 Å². The molecule has 1 aromatic rings. The molecule has 0 radical (unpaired) electrons. The molecule has 1 saturated carbocycles.